The molecule has 2 heterocycles. The van der Waals surface area contributed by atoms with Gasteiger partial charge < -0.3 is 15.3 Å². The molecule has 130 valence electrons. The number of amides is 1. The van der Waals surface area contributed by atoms with Gasteiger partial charge in [-0.2, -0.15) is 0 Å². The molecular formula is C16H20N2O5S. The van der Waals surface area contributed by atoms with E-state index in [-0.39, 0.29) is 6.54 Å². The SMILES string of the molecule is CC1(C)[C@H](C(=O)O)N2C(=O)[C@H](CNCc3ccccc3)[C@H]2S1(=O)=O. The zero-order valence-electron chi connectivity index (χ0n) is 13.5. The summed E-state index contributed by atoms with van der Waals surface area (Å²) in [6.07, 6.45) is 0. The molecular weight excluding hydrogens is 332 g/mol. The summed E-state index contributed by atoms with van der Waals surface area (Å²) >= 11 is 0. The van der Waals surface area contributed by atoms with Crippen LogP contribution in [0, 0.1) is 5.92 Å². The van der Waals surface area contributed by atoms with Crippen LogP contribution in [0.4, 0.5) is 0 Å². The molecule has 0 aromatic heterocycles. The van der Waals surface area contributed by atoms with Gasteiger partial charge in [0.1, 0.15) is 11.4 Å². The number of nitrogens with one attached hydrogen (secondary N) is 1. The van der Waals surface area contributed by atoms with Crippen LogP contribution in [0.5, 0.6) is 0 Å². The van der Waals surface area contributed by atoms with Crippen molar-refractivity contribution in [3.8, 4) is 0 Å². The Morgan fingerprint density at radius 3 is 2.50 bits per heavy atom. The van der Waals surface area contributed by atoms with Crippen molar-refractivity contribution in [3.05, 3.63) is 35.9 Å². The number of sulfone groups is 1. The number of fused-ring (bicyclic) bond motifs is 1. The minimum atomic E-state index is -3.75. The molecule has 1 aromatic carbocycles. The van der Waals surface area contributed by atoms with Crippen molar-refractivity contribution in [2.75, 3.05) is 6.54 Å². The Hall–Kier alpha value is -1.93. The molecule has 0 spiro atoms. The summed E-state index contributed by atoms with van der Waals surface area (Å²) in [5.74, 6) is -2.43. The van der Waals surface area contributed by atoms with Crippen LogP contribution in [0.1, 0.15) is 19.4 Å². The molecule has 3 rings (SSSR count). The molecule has 8 heteroatoms. The number of hydrogen-bond acceptors (Lipinski definition) is 5. The van der Waals surface area contributed by atoms with Gasteiger partial charge in [0, 0.05) is 13.1 Å². The second-order valence-corrected chi connectivity index (χ2v) is 9.37. The van der Waals surface area contributed by atoms with E-state index in [9.17, 15) is 23.1 Å². The maximum atomic E-state index is 12.7. The maximum Gasteiger partial charge on any atom is 0.328 e. The number of nitrogens with zero attached hydrogens (tertiary/aromatic N) is 1. The molecule has 2 N–H and O–H groups in total. The molecule has 24 heavy (non-hydrogen) atoms. The Labute approximate surface area is 140 Å². The summed E-state index contributed by atoms with van der Waals surface area (Å²) in [5.41, 5.74) is 1.03. The molecule has 0 saturated carbocycles. The summed E-state index contributed by atoms with van der Waals surface area (Å²) in [4.78, 5) is 24.8. The predicted octanol–water partition coefficient (Wildman–Crippen LogP) is 0.221. The lowest BCUT2D eigenvalue weighted by Crippen LogP contribution is -2.65. The van der Waals surface area contributed by atoms with E-state index in [1.807, 2.05) is 30.3 Å². The van der Waals surface area contributed by atoms with Crippen molar-refractivity contribution in [1.29, 1.82) is 0 Å². The van der Waals surface area contributed by atoms with Gasteiger partial charge in [0.2, 0.25) is 5.91 Å². The van der Waals surface area contributed by atoms with Crippen LogP contribution in [0.15, 0.2) is 30.3 Å². The first-order valence-electron chi connectivity index (χ1n) is 7.72. The van der Waals surface area contributed by atoms with Crippen molar-refractivity contribution in [2.24, 2.45) is 5.92 Å². The third-order valence-electron chi connectivity index (χ3n) is 4.95. The molecule has 0 bridgehead atoms. The zero-order chi connectivity index (χ0) is 17.7. The van der Waals surface area contributed by atoms with E-state index >= 15 is 0 Å². The number of aliphatic carboxylic acids is 1. The van der Waals surface area contributed by atoms with Crippen LogP contribution in [0.2, 0.25) is 0 Å². The predicted molar refractivity (Wildman–Crippen MR) is 86.7 cm³/mol. The number of benzene rings is 1. The Kier molecular flexibility index (Phi) is 3.92. The minimum Gasteiger partial charge on any atom is -0.480 e. The largest absolute Gasteiger partial charge is 0.480 e. The van der Waals surface area contributed by atoms with E-state index in [0.29, 0.717) is 6.54 Å². The Balaban J connectivity index is 1.75. The second-order valence-electron chi connectivity index (χ2n) is 6.75. The van der Waals surface area contributed by atoms with Crippen LogP contribution in [-0.4, -0.2) is 53.0 Å². The number of carboxylic acids is 1. The zero-order valence-corrected chi connectivity index (χ0v) is 14.3. The van der Waals surface area contributed by atoms with Crippen molar-refractivity contribution in [2.45, 2.75) is 36.6 Å². The molecule has 2 aliphatic rings. The number of carbonyl (C=O) groups is 2. The van der Waals surface area contributed by atoms with E-state index in [1.165, 1.54) is 13.8 Å². The fourth-order valence-corrected chi connectivity index (χ4v) is 5.88. The van der Waals surface area contributed by atoms with Crippen LogP contribution < -0.4 is 5.32 Å². The van der Waals surface area contributed by atoms with Crippen molar-refractivity contribution in [3.63, 3.8) is 0 Å². The standard InChI is InChI=1S/C16H20N2O5S/c1-16(2)12(15(20)21)18-13(19)11(14(18)24(16,22)23)9-17-8-10-6-4-3-5-7-10/h3-7,11-12,14,17H,8-9H2,1-2H3,(H,20,21)/t11-,12-,14+/m0/s1. The number of carboxylic acid groups (broad SMARTS) is 1. The van der Waals surface area contributed by atoms with Crippen LogP contribution in [0.3, 0.4) is 0 Å². The fraction of sp³-hybridized carbons (Fsp3) is 0.500. The molecule has 2 fully saturated rings. The average molecular weight is 352 g/mol. The highest BCUT2D eigenvalue weighted by Gasteiger charge is 2.71. The van der Waals surface area contributed by atoms with Gasteiger partial charge >= 0.3 is 5.97 Å². The van der Waals surface area contributed by atoms with Gasteiger partial charge in [0.15, 0.2) is 9.84 Å². The summed E-state index contributed by atoms with van der Waals surface area (Å²) in [5, 5.41) is 11.4. The van der Waals surface area contributed by atoms with Crippen molar-refractivity contribution >= 4 is 21.7 Å². The Morgan fingerprint density at radius 2 is 1.92 bits per heavy atom. The molecule has 7 nitrogen and oxygen atoms in total. The average Bonchev–Trinajstić information content (AvgIpc) is 2.66. The first kappa shape index (κ1) is 16.9. The summed E-state index contributed by atoms with van der Waals surface area (Å²) in [7, 11) is -3.75. The molecule has 2 aliphatic heterocycles. The highest BCUT2D eigenvalue weighted by molar-refractivity contribution is 7.93. The topological polar surface area (TPSA) is 104 Å². The Morgan fingerprint density at radius 1 is 1.29 bits per heavy atom. The quantitative estimate of drug-likeness (QED) is 0.735. The normalized spacial score (nSPS) is 29.8. The van der Waals surface area contributed by atoms with Gasteiger partial charge in [0.05, 0.1) is 10.7 Å². The monoisotopic (exact) mass is 352 g/mol. The molecule has 0 aliphatic carbocycles. The lowest BCUT2D eigenvalue weighted by molar-refractivity contribution is -0.163. The van der Waals surface area contributed by atoms with Gasteiger partial charge in [-0.1, -0.05) is 30.3 Å². The van der Waals surface area contributed by atoms with Crippen LogP contribution in [0.25, 0.3) is 0 Å². The first-order valence-corrected chi connectivity index (χ1v) is 9.27. The molecule has 0 unspecified atom stereocenters. The van der Waals surface area contributed by atoms with Gasteiger partial charge in [0.25, 0.3) is 0 Å². The van der Waals surface area contributed by atoms with E-state index in [4.69, 9.17) is 0 Å². The molecule has 3 atom stereocenters. The van der Waals surface area contributed by atoms with Crippen molar-refractivity contribution < 1.29 is 23.1 Å². The molecule has 1 aromatic rings. The van der Waals surface area contributed by atoms with Gasteiger partial charge in [-0.3, -0.25) is 4.79 Å². The van der Waals surface area contributed by atoms with E-state index in [1.54, 1.807) is 0 Å². The first-order chi connectivity index (χ1) is 11.2. The van der Waals surface area contributed by atoms with Gasteiger partial charge in [-0.25, -0.2) is 13.2 Å². The third kappa shape index (κ3) is 2.24. The molecule has 2 saturated heterocycles. The van der Waals surface area contributed by atoms with Crippen molar-refractivity contribution in [1.82, 2.24) is 10.2 Å². The number of carbonyl (C=O) groups excluding carboxylic acids is 1. The lowest BCUT2D eigenvalue weighted by Gasteiger charge is -2.42. The van der Waals surface area contributed by atoms with E-state index in [2.05, 4.69) is 5.32 Å². The maximum absolute atomic E-state index is 12.7. The molecule has 0 radical (unpaired) electrons. The van der Waals surface area contributed by atoms with Crippen LogP contribution >= 0.6 is 0 Å². The Bertz CT molecular complexity index is 775. The number of hydrogen-bond donors (Lipinski definition) is 2. The van der Waals surface area contributed by atoms with E-state index < -0.39 is 43.8 Å². The molecule has 1 amide bonds. The van der Waals surface area contributed by atoms with Gasteiger partial charge in [-0.05, 0) is 19.4 Å². The summed E-state index contributed by atoms with van der Waals surface area (Å²) in [6.45, 7) is 3.47. The summed E-state index contributed by atoms with van der Waals surface area (Å²) < 4.78 is 23.9. The van der Waals surface area contributed by atoms with Crippen LogP contribution in [-0.2, 0) is 26.0 Å². The highest BCUT2D eigenvalue weighted by Crippen LogP contribution is 2.48. The fourth-order valence-electron chi connectivity index (χ4n) is 3.56. The number of rotatable bonds is 5. The number of β-lactam (4-membered cyclic amide) rings is 1. The second kappa shape index (κ2) is 5.56. The summed E-state index contributed by atoms with van der Waals surface area (Å²) in [6, 6.07) is 8.22. The lowest BCUT2D eigenvalue weighted by atomic mass is 9.91. The third-order valence-corrected chi connectivity index (χ3v) is 7.83. The minimum absolute atomic E-state index is 0.205. The van der Waals surface area contributed by atoms with Gasteiger partial charge in [-0.15, -0.1) is 0 Å². The highest BCUT2D eigenvalue weighted by atomic mass is 32.2. The van der Waals surface area contributed by atoms with E-state index in [0.717, 1.165) is 10.5 Å². The smallest absolute Gasteiger partial charge is 0.328 e.